The largest absolute Gasteiger partial charge is 0.481 e. The number of benzene rings is 1. The monoisotopic (exact) mass is 291 g/mol. The summed E-state index contributed by atoms with van der Waals surface area (Å²) in [5.74, 6) is -2.23. The topological polar surface area (TPSA) is 104 Å². The molecule has 1 fully saturated rings. The van der Waals surface area contributed by atoms with E-state index in [1.54, 1.807) is 18.2 Å². The Hall–Kier alpha value is -2.08. The number of fused-ring (bicyclic) bond motifs is 1. The van der Waals surface area contributed by atoms with E-state index in [2.05, 4.69) is 4.98 Å². The second-order valence-corrected chi connectivity index (χ2v) is 5.61. The molecule has 1 saturated carbocycles. The molecular weight excluding hydrogens is 274 g/mol. The van der Waals surface area contributed by atoms with Crippen molar-refractivity contribution in [3.63, 3.8) is 0 Å². The zero-order valence-corrected chi connectivity index (χ0v) is 11.4. The first-order chi connectivity index (χ1) is 10.1. The number of nitrogens with one attached hydrogen (secondary N) is 1. The number of rotatable bonds is 3. The molecule has 3 unspecified atom stereocenters. The van der Waals surface area contributed by atoms with Crippen LogP contribution < -0.4 is 5.76 Å². The van der Waals surface area contributed by atoms with Crippen LogP contribution in [0.25, 0.3) is 11.1 Å². The summed E-state index contributed by atoms with van der Waals surface area (Å²) in [6.45, 7) is 0. The molecule has 112 valence electrons. The van der Waals surface area contributed by atoms with E-state index in [1.807, 2.05) is 0 Å². The highest BCUT2D eigenvalue weighted by molar-refractivity contribution is 5.73. The smallest absolute Gasteiger partial charge is 0.417 e. The van der Waals surface area contributed by atoms with Gasteiger partial charge in [0.2, 0.25) is 0 Å². The lowest BCUT2D eigenvalue weighted by Gasteiger charge is -2.32. The molecule has 3 rings (SSSR count). The Balaban J connectivity index is 1.92. The molecule has 1 aromatic carbocycles. The van der Waals surface area contributed by atoms with Crippen molar-refractivity contribution in [1.82, 2.24) is 4.98 Å². The van der Waals surface area contributed by atoms with Crippen LogP contribution in [0.5, 0.6) is 0 Å². The first-order valence-electron chi connectivity index (χ1n) is 7.10. The lowest BCUT2D eigenvalue weighted by molar-refractivity contribution is -0.147. The van der Waals surface area contributed by atoms with Gasteiger partial charge in [-0.3, -0.25) is 9.78 Å². The average Bonchev–Trinajstić information content (AvgIpc) is 2.85. The molecule has 0 aliphatic heterocycles. The zero-order chi connectivity index (χ0) is 15.0. The van der Waals surface area contributed by atoms with Crippen LogP contribution in [0, 0.1) is 11.8 Å². The number of H-pyrrole nitrogens is 1. The van der Waals surface area contributed by atoms with Crippen LogP contribution >= 0.6 is 0 Å². The molecule has 0 radical (unpaired) electrons. The number of aliphatic hydroxyl groups is 1. The lowest BCUT2D eigenvalue weighted by atomic mass is 9.74. The number of oxazole rings is 1. The minimum Gasteiger partial charge on any atom is -0.481 e. The number of hydrogen-bond acceptors (Lipinski definition) is 4. The highest BCUT2D eigenvalue weighted by Gasteiger charge is 2.36. The quantitative estimate of drug-likeness (QED) is 0.803. The van der Waals surface area contributed by atoms with Gasteiger partial charge in [-0.1, -0.05) is 18.9 Å². The van der Waals surface area contributed by atoms with Gasteiger partial charge in [0.1, 0.15) is 0 Å². The fourth-order valence-corrected chi connectivity index (χ4v) is 3.24. The number of hydrogen-bond donors (Lipinski definition) is 3. The molecular formula is C15H17NO5. The van der Waals surface area contributed by atoms with Crippen LogP contribution in [0.1, 0.15) is 37.4 Å². The normalized spacial score (nSPS) is 24.0. The van der Waals surface area contributed by atoms with Crippen LogP contribution in [0.2, 0.25) is 0 Å². The molecule has 1 heterocycles. The van der Waals surface area contributed by atoms with Gasteiger partial charge in [-0.15, -0.1) is 0 Å². The van der Waals surface area contributed by atoms with E-state index in [4.69, 9.17) is 4.42 Å². The molecule has 3 atom stereocenters. The van der Waals surface area contributed by atoms with Gasteiger partial charge < -0.3 is 14.6 Å². The van der Waals surface area contributed by atoms with Gasteiger partial charge in [0.15, 0.2) is 5.58 Å². The molecule has 6 nitrogen and oxygen atoms in total. The number of aliphatic carboxylic acids is 1. The van der Waals surface area contributed by atoms with Gasteiger partial charge in [0.05, 0.1) is 17.5 Å². The van der Waals surface area contributed by atoms with Crippen molar-refractivity contribution in [2.24, 2.45) is 11.8 Å². The Morgan fingerprint density at radius 1 is 1.33 bits per heavy atom. The summed E-state index contributed by atoms with van der Waals surface area (Å²) in [6, 6.07) is 4.97. The van der Waals surface area contributed by atoms with Crippen molar-refractivity contribution >= 4 is 17.1 Å². The molecule has 1 aromatic heterocycles. The van der Waals surface area contributed by atoms with E-state index in [1.165, 1.54) is 0 Å². The molecule has 0 saturated heterocycles. The lowest BCUT2D eigenvalue weighted by Crippen LogP contribution is -2.31. The van der Waals surface area contributed by atoms with Crippen molar-refractivity contribution in [3.05, 3.63) is 34.3 Å². The van der Waals surface area contributed by atoms with E-state index in [0.717, 1.165) is 12.8 Å². The minimum atomic E-state index is -0.865. The summed E-state index contributed by atoms with van der Waals surface area (Å²) in [5.41, 5.74) is 1.53. The maximum atomic E-state index is 11.3. The van der Waals surface area contributed by atoms with Crippen molar-refractivity contribution in [1.29, 1.82) is 0 Å². The Morgan fingerprint density at radius 3 is 2.86 bits per heavy atom. The second kappa shape index (κ2) is 5.37. The first kappa shape index (κ1) is 13.9. The highest BCUT2D eigenvalue weighted by atomic mass is 16.4. The van der Waals surface area contributed by atoms with E-state index in [0.29, 0.717) is 29.5 Å². The van der Waals surface area contributed by atoms with Gasteiger partial charge in [0.25, 0.3) is 0 Å². The third kappa shape index (κ3) is 2.58. The Bertz CT molecular complexity index is 716. The van der Waals surface area contributed by atoms with Crippen molar-refractivity contribution in [3.8, 4) is 0 Å². The number of aromatic nitrogens is 1. The Labute approximate surface area is 120 Å². The summed E-state index contributed by atoms with van der Waals surface area (Å²) in [5, 5.41) is 19.8. The van der Waals surface area contributed by atoms with Gasteiger partial charge in [0, 0.05) is 5.92 Å². The third-order valence-electron chi connectivity index (χ3n) is 4.33. The fraction of sp³-hybridized carbons (Fsp3) is 0.467. The third-order valence-corrected chi connectivity index (χ3v) is 4.33. The van der Waals surface area contributed by atoms with Crippen LogP contribution in [-0.2, 0) is 4.79 Å². The Morgan fingerprint density at radius 2 is 2.10 bits per heavy atom. The molecule has 6 heteroatoms. The molecule has 2 aromatic rings. The molecule has 3 N–H and O–H groups in total. The second-order valence-electron chi connectivity index (χ2n) is 5.61. The number of carboxylic acids is 1. The maximum Gasteiger partial charge on any atom is 0.417 e. The summed E-state index contributed by atoms with van der Waals surface area (Å²) in [4.78, 5) is 25.0. The first-order valence-corrected chi connectivity index (χ1v) is 7.10. The van der Waals surface area contributed by atoms with E-state index >= 15 is 0 Å². The van der Waals surface area contributed by atoms with Crippen LogP contribution in [0.3, 0.4) is 0 Å². The van der Waals surface area contributed by atoms with E-state index in [-0.39, 0.29) is 5.92 Å². The molecule has 1 aliphatic rings. The fourth-order valence-electron chi connectivity index (χ4n) is 3.24. The summed E-state index contributed by atoms with van der Waals surface area (Å²) in [6.07, 6.45) is 2.22. The molecule has 1 aliphatic carbocycles. The minimum absolute atomic E-state index is 0.306. The summed E-state index contributed by atoms with van der Waals surface area (Å²) >= 11 is 0. The van der Waals surface area contributed by atoms with E-state index < -0.39 is 23.7 Å². The molecule has 0 amide bonds. The summed E-state index contributed by atoms with van der Waals surface area (Å²) < 4.78 is 4.98. The van der Waals surface area contributed by atoms with Gasteiger partial charge in [-0.05, 0) is 30.5 Å². The maximum absolute atomic E-state index is 11.3. The van der Waals surface area contributed by atoms with Gasteiger partial charge in [-0.25, -0.2) is 4.79 Å². The number of aliphatic hydroxyl groups excluding tert-OH is 1. The van der Waals surface area contributed by atoms with Crippen LogP contribution in [-0.4, -0.2) is 21.2 Å². The zero-order valence-electron chi connectivity index (χ0n) is 11.4. The SMILES string of the molecule is O=C(O)C1CCCCC1C(O)c1ccc2[nH]c(=O)oc2c1. The van der Waals surface area contributed by atoms with Crippen LogP contribution in [0.4, 0.5) is 0 Å². The number of aromatic amines is 1. The Kier molecular flexibility index (Phi) is 3.55. The molecule has 21 heavy (non-hydrogen) atoms. The van der Waals surface area contributed by atoms with Gasteiger partial charge in [-0.2, -0.15) is 0 Å². The molecule has 0 spiro atoms. The molecule has 0 bridgehead atoms. The average molecular weight is 291 g/mol. The van der Waals surface area contributed by atoms with Crippen molar-refractivity contribution < 1.29 is 19.4 Å². The predicted octanol–water partition coefficient (Wildman–Crippen LogP) is 2.05. The number of carbonyl (C=O) groups is 1. The summed E-state index contributed by atoms with van der Waals surface area (Å²) in [7, 11) is 0. The van der Waals surface area contributed by atoms with Crippen LogP contribution in [0.15, 0.2) is 27.4 Å². The van der Waals surface area contributed by atoms with Gasteiger partial charge >= 0.3 is 11.7 Å². The van der Waals surface area contributed by atoms with E-state index in [9.17, 15) is 19.8 Å². The number of carboxylic acid groups (broad SMARTS) is 1. The predicted molar refractivity (Wildman–Crippen MR) is 74.9 cm³/mol. The van der Waals surface area contributed by atoms with Crippen molar-refractivity contribution in [2.75, 3.05) is 0 Å². The highest BCUT2D eigenvalue weighted by Crippen LogP contribution is 2.39. The van der Waals surface area contributed by atoms with Crippen molar-refractivity contribution in [2.45, 2.75) is 31.8 Å². The standard InChI is InChI=1S/C15H17NO5/c17-13(9-3-1-2-4-10(9)14(18)19)8-5-6-11-12(7-8)21-15(20)16-11/h5-7,9-10,13,17H,1-4H2,(H,16,20)(H,18,19).